The summed E-state index contributed by atoms with van der Waals surface area (Å²) < 4.78 is 31.1. The quantitative estimate of drug-likeness (QED) is 0.706. The predicted octanol–water partition coefficient (Wildman–Crippen LogP) is 2.80. The third kappa shape index (κ3) is 4.90. The summed E-state index contributed by atoms with van der Waals surface area (Å²) in [7, 11) is 0. The summed E-state index contributed by atoms with van der Waals surface area (Å²) in [6, 6.07) is 6.67. The molecule has 7 nitrogen and oxygen atoms in total. The second-order valence-corrected chi connectivity index (χ2v) is 6.84. The summed E-state index contributed by atoms with van der Waals surface area (Å²) in [6.07, 6.45) is 4.42. The van der Waals surface area contributed by atoms with E-state index in [1.807, 2.05) is 0 Å². The number of aromatic nitrogens is 4. The highest BCUT2D eigenvalue weighted by atomic mass is 32.2. The van der Waals surface area contributed by atoms with Gasteiger partial charge in [-0.25, -0.2) is 4.68 Å². The molecule has 0 saturated heterocycles. The number of carbonyl (C=O) groups excluding carboxylic acids is 1. The van der Waals surface area contributed by atoms with Gasteiger partial charge in [-0.1, -0.05) is 42.8 Å². The lowest BCUT2D eigenvalue weighted by atomic mass is 10.2. The molecule has 0 aliphatic heterocycles. The number of nitrogens with one attached hydrogen (secondary N) is 1. The zero-order valence-electron chi connectivity index (χ0n) is 14.0. The minimum absolute atomic E-state index is 0.0561. The number of benzene rings is 1. The number of thioether (sulfide) groups is 1. The van der Waals surface area contributed by atoms with Crippen LogP contribution in [0, 0.1) is 0 Å². The van der Waals surface area contributed by atoms with E-state index in [0.717, 1.165) is 25.7 Å². The van der Waals surface area contributed by atoms with Crippen LogP contribution in [-0.2, 0) is 11.3 Å². The first-order valence-corrected chi connectivity index (χ1v) is 9.32. The number of hydrogen-bond acceptors (Lipinski definition) is 6. The summed E-state index contributed by atoms with van der Waals surface area (Å²) in [4.78, 5) is 12.1. The van der Waals surface area contributed by atoms with Crippen LogP contribution in [0.5, 0.6) is 5.75 Å². The highest BCUT2D eigenvalue weighted by Crippen LogP contribution is 2.31. The Morgan fingerprint density at radius 2 is 2.12 bits per heavy atom. The molecule has 1 saturated carbocycles. The Morgan fingerprint density at radius 3 is 2.88 bits per heavy atom. The maximum Gasteiger partial charge on any atom is 0.387 e. The molecule has 1 aromatic carbocycles. The number of halogens is 2. The molecular formula is C16H19F2N5O2S. The van der Waals surface area contributed by atoms with Gasteiger partial charge in [-0.15, -0.1) is 5.10 Å². The largest absolute Gasteiger partial charge is 0.434 e. The molecule has 0 radical (unpaired) electrons. The smallest absolute Gasteiger partial charge is 0.387 e. The van der Waals surface area contributed by atoms with Crippen LogP contribution < -0.4 is 10.1 Å². The Hall–Kier alpha value is -2.23. The molecule has 1 heterocycles. The lowest BCUT2D eigenvalue weighted by Gasteiger charge is -2.12. The fourth-order valence-electron chi connectivity index (χ4n) is 2.89. The summed E-state index contributed by atoms with van der Waals surface area (Å²) in [5, 5.41) is 15.0. The van der Waals surface area contributed by atoms with Crippen molar-refractivity contribution in [2.45, 2.75) is 50.0 Å². The van der Waals surface area contributed by atoms with Crippen molar-refractivity contribution in [3.05, 3.63) is 29.8 Å². The highest BCUT2D eigenvalue weighted by Gasteiger charge is 2.22. The standard InChI is InChI=1S/C16H19F2N5O2S/c17-15(18)25-13-8-4-1-5-11(13)9-19-14(24)10-26-16-20-21-22-23(16)12-6-2-3-7-12/h1,4-5,8,12,15H,2-3,6-7,9-10H2,(H,19,24). The van der Waals surface area contributed by atoms with Crippen molar-refractivity contribution in [3.63, 3.8) is 0 Å². The number of alkyl halides is 2. The Kier molecular flexibility index (Phi) is 6.37. The monoisotopic (exact) mass is 383 g/mol. The third-order valence-electron chi connectivity index (χ3n) is 4.13. The van der Waals surface area contributed by atoms with Crippen LogP contribution >= 0.6 is 11.8 Å². The fourth-order valence-corrected chi connectivity index (χ4v) is 3.67. The molecule has 10 heteroatoms. The molecule has 1 aliphatic rings. The highest BCUT2D eigenvalue weighted by molar-refractivity contribution is 7.99. The maximum absolute atomic E-state index is 12.4. The predicted molar refractivity (Wildman–Crippen MR) is 91.0 cm³/mol. The van der Waals surface area contributed by atoms with Gasteiger partial charge in [-0.05, 0) is 29.3 Å². The van der Waals surface area contributed by atoms with Crippen LogP contribution in [0.2, 0.25) is 0 Å². The van der Waals surface area contributed by atoms with Gasteiger partial charge in [-0.2, -0.15) is 8.78 Å². The molecule has 1 fully saturated rings. The van der Waals surface area contributed by atoms with Crippen molar-refractivity contribution < 1.29 is 18.3 Å². The zero-order chi connectivity index (χ0) is 18.4. The number of nitrogens with zero attached hydrogens (tertiary/aromatic N) is 4. The summed E-state index contributed by atoms with van der Waals surface area (Å²) in [5.74, 6) is -0.0335. The third-order valence-corrected chi connectivity index (χ3v) is 5.06. The van der Waals surface area contributed by atoms with Crippen LogP contribution in [0.15, 0.2) is 29.4 Å². The van der Waals surface area contributed by atoms with Gasteiger partial charge in [0.05, 0.1) is 11.8 Å². The van der Waals surface area contributed by atoms with E-state index in [2.05, 4.69) is 25.6 Å². The van der Waals surface area contributed by atoms with E-state index in [1.54, 1.807) is 22.9 Å². The van der Waals surface area contributed by atoms with E-state index in [-0.39, 0.29) is 24.0 Å². The number of carbonyl (C=O) groups is 1. The normalized spacial score (nSPS) is 14.7. The molecule has 0 bridgehead atoms. The van der Waals surface area contributed by atoms with E-state index in [4.69, 9.17) is 0 Å². The number of hydrogen-bond donors (Lipinski definition) is 1. The average Bonchev–Trinajstić information content (AvgIpc) is 3.29. The topological polar surface area (TPSA) is 81.9 Å². The van der Waals surface area contributed by atoms with E-state index in [0.29, 0.717) is 16.8 Å². The van der Waals surface area contributed by atoms with E-state index in [9.17, 15) is 13.6 Å². The first-order chi connectivity index (χ1) is 12.6. The summed E-state index contributed by atoms with van der Waals surface area (Å²) >= 11 is 1.26. The molecular weight excluding hydrogens is 364 g/mol. The molecule has 1 amide bonds. The van der Waals surface area contributed by atoms with Gasteiger partial charge < -0.3 is 10.1 Å². The summed E-state index contributed by atoms with van der Waals surface area (Å²) in [5.41, 5.74) is 0.488. The van der Waals surface area contributed by atoms with Gasteiger partial charge in [0.15, 0.2) is 0 Å². The van der Waals surface area contributed by atoms with Gasteiger partial charge in [-0.3, -0.25) is 4.79 Å². The van der Waals surface area contributed by atoms with Crippen LogP contribution in [0.4, 0.5) is 8.78 Å². The van der Waals surface area contributed by atoms with Crippen molar-refractivity contribution in [1.82, 2.24) is 25.5 Å². The zero-order valence-corrected chi connectivity index (χ0v) is 14.8. The van der Waals surface area contributed by atoms with Crippen molar-refractivity contribution in [2.24, 2.45) is 0 Å². The van der Waals surface area contributed by atoms with Crippen LogP contribution in [0.1, 0.15) is 37.3 Å². The van der Waals surface area contributed by atoms with E-state index >= 15 is 0 Å². The van der Waals surface area contributed by atoms with Crippen molar-refractivity contribution in [2.75, 3.05) is 5.75 Å². The lowest BCUT2D eigenvalue weighted by molar-refractivity contribution is -0.118. The Balaban J connectivity index is 1.50. The molecule has 2 aromatic rings. The lowest BCUT2D eigenvalue weighted by Crippen LogP contribution is -2.25. The molecule has 3 rings (SSSR count). The van der Waals surface area contributed by atoms with Crippen LogP contribution in [0.3, 0.4) is 0 Å². The summed E-state index contributed by atoms with van der Waals surface area (Å²) in [6.45, 7) is -2.80. The average molecular weight is 383 g/mol. The number of para-hydroxylation sites is 1. The number of ether oxygens (including phenoxy) is 1. The van der Waals surface area contributed by atoms with E-state index < -0.39 is 6.61 Å². The first kappa shape index (κ1) is 18.6. The van der Waals surface area contributed by atoms with Gasteiger partial charge in [0, 0.05) is 12.1 Å². The minimum atomic E-state index is -2.91. The second-order valence-electron chi connectivity index (χ2n) is 5.90. The molecule has 1 aliphatic carbocycles. The molecule has 1 N–H and O–H groups in total. The molecule has 1 aromatic heterocycles. The van der Waals surface area contributed by atoms with Gasteiger partial charge >= 0.3 is 6.61 Å². The SMILES string of the molecule is O=C(CSc1nnnn1C1CCCC1)NCc1ccccc1OC(F)F. The van der Waals surface area contributed by atoms with Gasteiger partial charge in [0.2, 0.25) is 11.1 Å². The van der Waals surface area contributed by atoms with Gasteiger partial charge in [0.1, 0.15) is 5.75 Å². The molecule has 0 atom stereocenters. The number of tetrazole rings is 1. The second kappa shape index (κ2) is 8.93. The van der Waals surface area contributed by atoms with Crippen molar-refractivity contribution >= 4 is 17.7 Å². The fraction of sp³-hybridized carbons (Fsp3) is 0.500. The molecule has 0 unspecified atom stereocenters. The van der Waals surface area contributed by atoms with Gasteiger partial charge in [0.25, 0.3) is 0 Å². The van der Waals surface area contributed by atoms with Crippen molar-refractivity contribution in [1.29, 1.82) is 0 Å². The molecule has 140 valence electrons. The van der Waals surface area contributed by atoms with Crippen LogP contribution in [0.25, 0.3) is 0 Å². The number of rotatable bonds is 8. The van der Waals surface area contributed by atoms with E-state index in [1.165, 1.54) is 17.8 Å². The first-order valence-electron chi connectivity index (χ1n) is 8.33. The maximum atomic E-state index is 12.4. The Labute approximate surface area is 153 Å². The Morgan fingerprint density at radius 1 is 1.35 bits per heavy atom. The molecule has 0 spiro atoms. The number of amides is 1. The minimum Gasteiger partial charge on any atom is -0.434 e. The van der Waals surface area contributed by atoms with Crippen molar-refractivity contribution in [3.8, 4) is 5.75 Å². The Bertz CT molecular complexity index is 737. The van der Waals surface area contributed by atoms with Crippen LogP contribution in [-0.4, -0.2) is 38.5 Å². The molecule has 26 heavy (non-hydrogen) atoms.